The molecule has 38 heavy (non-hydrogen) atoms. The van der Waals surface area contributed by atoms with Crippen LogP contribution in [0.5, 0.6) is 23.0 Å². The van der Waals surface area contributed by atoms with E-state index in [0.29, 0.717) is 28.6 Å². The summed E-state index contributed by atoms with van der Waals surface area (Å²) in [4.78, 5) is 28.3. The molecule has 1 heterocycles. The van der Waals surface area contributed by atoms with Gasteiger partial charge in [-0.25, -0.2) is 0 Å². The van der Waals surface area contributed by atoms with Gasteiger partial charge in [-0.1, -0.05) is 30.3 Å². The van der Waals surface area contributed by atoms with E-state index in [9.17, 15) is 14.7 Å². The third-order valence-corrected chi connectivity index (χ3v) is 6.28. The molecule has 0 spiro atoms. The number of rotatable bonds is 9. The average Bonchev–Trinajstić information content (AvgIpc) is 3.17. The highest BCUT2D eigenvalue weighted by Crippen LogP contribution is 2.44. The van der Waals surface area contributed by atoms with E-state index in [1.54, 1.807) is 61.7 Å². The molecule has 3 aromatic rings. The number of methoxy groups -OCH3 is 3. The van der Waals surface area contributed by atoms with Crippen LogP contribution in [-0.4, -0.2) is 49.1 Å². The second kappa shape index (κ2) is 11.3. The lowest BCUT2D eigenvalue weighted by Gasteiger charge is -2.26. The molecule has 4 rings (SSSR count). The van der Waals surface area contributed by atoms with E-state index in [-0.39, 0.29) is 29.5 Å². The molecule has 1 atom stereocenters. The standard InChI is InChI=1S/C30H31NO7/c1-18(2)38-22-15-11-20(12-16-22)27-26(28(32)25-23(36-4)7-6-8-24(25)37-5)29(33)30(34)31(27)17-19-9-13-21(35-3)14-10-19/h6-16,18,27,32H,17H2,1-5H3/b28-26+. The normalized spacial score (nSPS) is 16.6. The summed E-state index contributed by atoms with van der Waals surface area (Å²) in [6, 6.07) is 18.5. The Morgan fingerprint density at radius 3 is 1.95 bits per heavy atom. The Kier molecular flexibility index (Phi) is 7.90. The number of amides is 1. The first-order valence-corrected chi connectivity index (χ1v) is 12.2. The van der Waals surface area contributed by atoms with Crippen LogP contribution in [0.4, 0.5) is 0 Å². The Hall–Kier alpha value is -4.46. The molecule has 8 nitrogen and oxygen atoms in total. The zero-order chi connectivity index (χ0) is 27.4. The largest absolute Gasteiger partial charge is 0.506 e. The number of Topliss-reactive ketones (excluding diaryl/α,β-unsaturated/α-hetero) is 1. The zero-order valence-corrected chi connectivity index (χ0v) is 22.1. The van der Waals surface area contributed by atoms with Gasteiger partial charge in [0.2, 0.25) is 0 Å². The summed E-state index contributed by atoms with van der Waals surface area (Å²) in [6.45, 7) is 4.00. The highest BCUT2D eigenvalue weighted by atomic mass is 16.5. The molecule has 1 aliphatic rings. The zero-order valence-electron chi connectivity index (χ0n) is 22.1. The molecule has 1 N–H and O–H groups in total. The molecule has 3 aromatic carbocycles. The van der Waals surface area contributed by atoms with Crippen molar-refractivity contribution in [1.29, 1.82) is 0 Å². The number of ether oxygens (including phenoxy) is 4. The number of benzene rings is 3. The highest BCUT2D eigenvalue weighted by Gasteiger charge is 2.46. The molecule has 1 fully saturated rings. The van der Waals surface area contributed by atoms with Crippen LogP contribution < -0.4 is 18.9 Å². The van der Waals surface area contributed by atoms with Crippen molar-refractivity contribution in [3.8, 4) is 23.0 Å². The van der Waals surface area contributed by atoms with Crippen LogP contribution in [0.15, 0.2) is 72.3 Å². The summed E-state index contributed by atoms with van der Waals surface area (Å²) in [6.07, 6.45) is -0.0143. The van der Waals surface area contributed by atoms with Crippen LogP contribution in [0.1, 0.15) is 36.6 Å². The molecule has 1 saturated heterocycles. The van der Waals surface area contributed by atoms with Crippen molar-refractivity contribution in [3.63, 3.8) is 0 Å². The predicted octanol–water partition coefficient (Wildman–Crippen LogP) is 5.12. The monoisotopic (exact) mass is 517 g/mol. The van der Waals surface area contributed by atoms with Crippen molar-refractivity contribution in [2.45, 2.75) is 32.5 Å². The molecule has 0 aliphatic carbocycles. The van der Waals surface area contributed by atoms with E-state index < -0.39 is 17.7 Å². The van der Waals surface area contributed by atoms with Crippen LogP contribution in [-0.2, 0) is 16.1 Å². The van der Waals surface area contributed by atoms with Crippen molar-refractivity contribution in [2.75, 3.05) is 21.3 Å². The Balaban J connectivity index is 1.87. The summed E-state index contributed by atoms with van der Waals surface area (Å²) in [5.74, 6) is 0.0616. The molecular weight excluding hydrogens is 486 g/mol. The number of carbonyl (C=O) groups excluding carboxylic acids is 2. The third kappa shape index (κ3) is 5.16. The summed E-state index contributed by atoms with van der Waals surface area (Å²) in [5.41, 5.74) is 1.59. The summed E-state index contributed by atoms with van der Waals surface area (Å²) >= 11 is 0. The van der Waals surface area contributed by atoms with Gasteiger partial charge in [0.15, 0.2) is 0 Å². The van der Waals surface area contributed by atoms with Gasteiger partial charge < -0.3 is 29.0 Å². The van der Waals surface area contributed by atoms with Gasteiger partial charge in [-0.05, 0) is 61.4 Å². The van der Waals surface area contributed by atoms with E-state index in [2.05, 4.69) is 0 Å². The molecule has 1 amide bonds. The summed E-state index contributed by atoms with van der Waals surface area (Å²) in [5, 5.41) is 11.6. The maximum Gasteiger partial charge on any atom is 0.295 e. The number of hydrogen-bond acceptors (Lipinski definition) is 7. The fraction of sp³-hybridized carbons (Fsp3) is 0.267. The molecule has 0 radical (unpaired) electrons. The second-order valence-corrected chi connectivity index (χ2v) is 9.05. The van der Waals surface area contributed by atoms with Crippen LogP contribution in [0.3, 0.4) is 0 Å². The van der Waals surface area contributed by atoms with Crippen molar-refractivity contribution in [1.82, 2.24) is 4.90 Å². The number of likely N-dealkylation sites (tertiary alicyclic amines) is 1. The van der Waals surface area contributed by atoms with Gasteiger partial charge in [0.25, 0.3) is 11.7 Å². The van der Waals surface area contributed by atoms with Gasteiger partial charge in [0.1, 0.15) is 34.3 Å². The molecular formula is C30H31NO7. The van der Waals surface area contributed by atoms with E-state index in [1.807, 2.05) is 26.0 Å². The van der Waals surface area contributed by atoms with E-state index in [0.717, 1.165) is 5.56 Å². The molecule has 198 valence electrons. The Morgan fingerprint density at radius 2 is 1.42 bits per heavy atom. The molecule has 0 saturated carbocycles. The Labute approximate surface area is 222 Å². The van der Waals surface area contributed by atoms with Gasteiger partial charge in [-0.3, -0.25) is 9.59 Å². The molecule has 1 aliphatic heterocycles. The number of hydrogen-bond donors (Lipinski definition) is 1. The minimum atomic E-state index is -0.861. The quantitative estimate of drug-likeness (QED) is 0.239. The lowest BCUT2D eigenvalue weighted by Crippen LogP contribution is -2.29. The molecule has 0 bridgehead atoms. The van der Waals surface area contributed by atoms with Crippen LogP contribution in [0.2, 0.25) is 0 Å². The van der Waals surface area contributed by atoms with Gasteiger partial charge in [0.05, 0.1) is 39.0 Å². The first kappa shape index (κ1) is 26.6. The van der Waals surface area contributed by atoms with Crippen LogP contribution in [0.25, 0.3) is 5.76 Å². The number of aliphatic hydroxyl groups excluding tert-OH is 1. The van der Waals surface area contributed by atoms with Gasteiger partial charge >= 0.3 is 0 Å². The first-order chi connectivity index (χ1) is 18.3. The predicted molar refractivity (Wildman–Crippen MR) is 143 cm³/mol. The van der Waals surface area contributed by atoms with Gasteiger partial charge in [-0.15, -0.1) is 0 Å². The summed E-state index contributed by atoms with van der Waals surface area (Å²) in [7, 11) is 4.49. The van der Waals surface area contributed by atoms with E-state index in [4.69, 9.17) is 18.9 Å². The number of nitrogens with zero attached hydrogens (tertiary/aromatic N) is 1. The minimum Gasteiger partial charge on any atom is -0.506 e. The fourth-order valence-corrected chi connectivity index (χ4v) is 4.54. The Bertz CT molecular complexity index is 1320. The molecule has 1 unspecified atom stereocenters. The van der Waals surface area contributed by atoms with Crippen LogP contribution >= 0.6 is 0 Å². The maximum atomic E-state index is 13.5. The van der Waals surface area contributed by atoms with Crippen molar-refractivity contribution < 1.29 is 33.6 Å². The van der Waals surface area contributed by atoms with Gasteiger partial charge in [0, 0.05) is 6.54 Å². The lowest BCUT2D eigenvalue weighted by molar-refractivity contribution is -0.140. The number of carbonyl (C=O) groups is 2. The van der Waals surface area contributed by atoms with Crippen molar-refractivity contribution >= 4 is 17.4 Å². The summed E-state index contributed by atoms with van der Waals surface area (Å²) < 4.78 is 21.9. The van der Waals surface area contributed by atoms with Crippen LogP contribution in [0, 0.1) is 0 Å². The number of ketones is 1. The SMILES string of the molecule is COc1ccc(CN2C(=O)C(=O)/C(=C(/O)c3c(OC)cccc3OC)C2c2ccc(OC(C)C)cc2)cc1. The maximum absolute atomic E-state index is 13.5. The fourth-order valence-electron chi connectivity index (χ4n) is 4.54. The second-order valence-electron chi connectivity index (χ2n) is 9.05. The van der Waals surface area contributed by atoms with E-state index in [1.165, 1.54) is 19.1 Å². The Morgan fingerprint density at radius 1 is 0.842 bits per heavy atom. The van der Waals surface area contributed by atoms with Crippen molar-refractivity contribution in [2.24, 2.45) is 0 Å². The van der Waals surface area contributed by atoms with Gasteiger partial charge in [-0.2, -0.15) is 0 Å². The highest BCUT2D eigenvalue weighted by molar-refractivity contribution is 6.46. The average molecular weight is 518 g/mol. The first-order valence-electron chi connectivity index (χ1n) is 12.2. The molecule has 8 heteroatoms. The minimum absolute atomic E-state index is 0.0143. The number of aliphatic hydroxyl groups is 1. The third-order valence-electron chi connectivity index (χ3n) is 6.28. The smallest absolute Gasteiger partial charge is 0.295 e. The topological polar surface area (TPSA) is 94.5 Å². The van der Waals surface area contributed by atoms with E-state index >= 15 is 0 Å². The lowest BCUT2D eigenvalue weighted by atomic mass is 9.94. The van der Waals surface area contributed by atoms with Crippen molar-refractivity contribution in [3.05, 3.63) is 89.0 Å². The molecule has 0 aromatic heterocycles.